The van der Waals surface area contributed by atoms with E-state index < -0.39 is 9.84 Å². The number of halogens is 4. The number of aryl methyl sites for hydroxylation is 4. The van der Waals surface area contributed by atoms with Crippen LogP contribution in [0.25, 0.3) is 43.6 Å². The first-order valence-electron chi connectivity index (χ1n) is 47.8. The summed E-state index contributed by atoms with van der Waals surface area (Å²) in [4.78, 5) is 74.4. The van der Waals surface area contributed by atoms with Crippen LogP contribution in [0.4, 0.5) is 0 Å². The summed E-state index contributed by atoms with van der Waals surface area (Å²) < 4.78 is 63.1. The predicted octanol–water partition coefficient (Wildman–Crippen LogP) is 22.0. The van der Waals surface area contributed by atoms with Gasteiger partial charge >= 0.3 is 0 Å². The number of benzene rings is 7. The van der Waals surface area contributed by atoms with Crippen molar-refractivity contribution in [1.82, 2.24) is 48.1 Å². The maximum atomic E-state index is 13.0. The number of rotatable bonds is 39. The second-order valence-corrected chi connectivity index (χ2v) is 39.9. The molecule has 0 bridgehead atoms. The Morgan fingerprint density at radius 3 is 1.23 bits per heavy atom. The maximum Gasteiger partial charge on any atom is 0.253 e. The molecule has 7 aromatic carbocycles. The van der Waals surface area contributed by atoms with Gasteiger partial charge < -0.3 is 71.8 Å². The smallest absolute Gasteiger partial charge is 0.253 e. The lowest BCUT2D eigenvalue weighted by molar-refractivity contribution is -0.137. The number of piperidine rings is 4. The molecule has 4 aliphatic rings. The molecule has 4 saturated heterocycles. The molecule has 0 saturated carbocycles. The molecule has 0 aliphatic carbocycles. The number of nitrogens with zero attached hydrogens (tertiary/aromatic N) is 9. The van der Waals surface area contributed by atoms with Crippen LogP contribution in [-0.2, 0) is 40.8 Å². The number of ketones is 3. The van der Waals surface area contributed by atoms with Crippen molar-refractivity contribution in [3.8, 4) is 28.7 Å². The lowest BCUT2D eigenvalue weighted by atomic mass is 9.94. The van der Waals surface area contributed by atoms with Crippen molar-refractivity contribution >= 4 is 129 Å². The minimum absolute atomic E-state index is 0.0205. The zero-order valence-electron chi connectivity index (χ0n) is 79.4. The number of hydrogen-bond donors (Lipinski definition) is 1. The van der Waals surface area contributed by atoms with Gasteiger partial charge in [0, 0.05) is 137 Å². The van der Waals surface area contributed by atoms with E-state index in [-0.39, 0.29) is 34.4 Å². The van der Waals surface area contributed by atoms with Gasteiger partial charge in [-0.15, -0.1) is 0 Å². The minimum atomic E-state index is -3.34. The third kappa shape index (κ3) is 27.7. The van der Waals surface area contributed by atoms with Crippen molar-refractivity contribution in [2.45, 2.75) is 181 Å². The molecule has 2 amide bonds. The van der Waals surface area contributed by atoms with Crippen LogP contribution in [0.3, 0.4) is 0 Å². The number of amides is 2. The maximum absolute atomic E-state index is 13.0. The quantitative estimate of drug-likeness (QED) is 0.0355. The molecule has 4 aromatic heterocycles. The number of methoxy groups -OCH3 is 3. The fraction of sp³-hybridized carbons (Fsp3) is 0.481. The summed E-state index contributed by atoms with van der Waals surface area (Å²) in [6.07, 6.45) is 22.6. The van der Waals surface area contributed by atoms with Crippen molar-refractivity contribution in [2.75, 3.05) is 133 Å². The lowest BCUT2D eigenvalue weighted by Crippen LogP contribution is -2.45. The van der Waals surface area contributed by atoms with E-state index in [9.17, 15) is 32.4 Å². The number of hydrogen-bond acceptors (Lipinski definition) is 16. The van der Waals surface area contributed by atoms with Crippen LogP contribution < -0.4 is 29.0 Å². The molecule has 11 aromatic rings. The molecule has 22 nitrogen and oxygen atoms in total. The van der Waals surface area contributed by atoms with Crippen molar-refractivity contribution in [2.24, 2.45) is 23.7 Å². The molecule has 8 heterocycles. The zero-order chi connectivity index (χ0) is 94.7. The number of carbonyl (C=O) groups is 5. The molecule has 1 unspecified atom stereocenters. The van der Waals surface area contributed by atoms with Crippen molar-refractivity contribution in [3.63, 3.8) is 0 Å². The monoisotopic (exact) mass is 1910 g/mol. The van der Waals surface area contributed by atoms with Gasteiger partial charge in [0.2, 0.25) is 5.91 Å². The molecular formula is C106H136Cl4N10O12S. The number of likely N-dealkylation sites (tertiary alicyclic amines) is 4. The van der Waals surface area contributed by atoms with Crippen LogP contribution in [0.15, 0.2) is 175 Å². The first kappa shape index (κ1) is 103. The van der Waals surface area contributed by atoms with Crippen LogP contribution in [-0.4, -0.2) is 218 Å². The van der Waals surface area contributed by atoms with E-state index in [4.69, 9.17) is 70.1 Å². The summed E-state index contributed by atoms with van der Waals surface area (Å²) in [6.45, 7) is 32.3. The van der Waals surface area contributed by atoms with Gasteiger partial charge in [-0.25, -0.2) is 8.42 Å². The van der Waals surface area contributed by atoms with Gasteiger partial charge in [0.1, 0.15) is 28.7 Å². The summed E-state index contributed by atoms with van der Waals surface area (Å²) >= 11 is 24.2. The Hall–Kier alpha value is -9.40. The molecule has 0 spiro atoms. The Morgan fingerprint density at radius 1 is 0.444 bits per heavy atom. The Labute approximate surface area is 806 Å². The second-order valence-electron chi connectivity index (χ2n) is 36.0. The standard InChI is InChI=1S/C30H40ClN3O3.C26H30Cl2N2O2.C26H31ClN2O4S.C24H35N3O3/c1-22(2)20-32-30(35)27-21-34(29-26(27)6-4-7-28(29)36-3)16-5-15-33-17-12-23(13-18-33)14-19-37-25-10-8-24(31)9-11-25;1-19(31)24-18-30(26-23(24)4-2-5-25(26)28)14-3-13-29-15-10-20(11-16-29)12-17-32-22-8-6-21(27)7-9-22;1-3-24(30)23-18-29(26-22(23)6-4-7-25(26)33-2)15-5-14-28-16-12-21(13-17-28)34(31,32)20-10-8-19(27)9-11-20;1-5-26(6-2)24(29)19-10-8-13-25(16-19)14-9-15-27-17-21(18(3)28)20-11-7-12-22(30-4)23(20)27/h4,6-11,21-23H,5,12-20H2,1-3H3,(H,32,35);2,4-9,18,20H,3,10-17H2,1H3;4,6-11,18,21H,3,5,12-17H2,1-2H3;7,11-12,17,19H,5-6,8-10,13-16H2,1-4H3. The average molecular weight is 1920 g/mol. The number of para-hydroxylation sites is 4. The number of Topliss-reactive ketones (excluding diaryl/α,β-unsaturated/α-hetero) is 3. The van der Waals surface area contributed by atoms with E-state index in [1.54, 1.807) is 59.4 Å². The highest BCUT2D eigenvalue weighted by molar-refractivity contribution is 7.92. The molecular weight excluding hydrogens is 1780 g/mol. The van der Waals surface area contributed by atoms with E-state index in [0.29, 0.717) is 58.5 Å². The molecule has 4 aliphatic heterocycles. The van der Waals surface area contributed by atoms with E-state index >= 15 is 0 Å². The molecule has 15 rings (SSSR count). The number of sulfone groups is 1. The van der Waals surface area contributed by atoms with Gasteiger partial charge in [-0.3, -0.25) is 24.0 Å². The number of aromatic nitrogens is 4. The largest absolute Gasteiger partial charge is 0.495 e. The normalized spacial score (nSPS) is 15.7. The first-order valence-corrected chi connectivity index (χ1v) is 50.9. The molecule has 716 valence electrons. The van der Waals surface area contributed by atoms with Crippen LogP contribution in [0.5, 0.6) is 28.7 Å². The summed E-state index contributed by atoms with van der Waals surface area (Å²) in [6, 6.07) is 45.0. The summed E-state index contributed by atoms with van der Waals surface area (Å²) in [5.74, 6) is 6.67. The fourth-order valence-electron chi connectivity index (χ4n) is 19.2. The van der Waals surface area contributed by atoms with Crippen LogP contribution in [0, 0.1) is 23.7 Å². The fourth-order valence-corrected chi connectivity index (χ4v) is 21.5. The number of fused-ring (bicyclic) bond motifs is 4. The van der Waals surface area contributed by atoms with Gasteiger partial charge in [-0.2, -0.15) is 0 Å². The van der Waals surface area contributed by atoms with Crippen molar-refractivity contribution in [1.29, 1.82) is 0 Å². The lowest BCUT2D eigenvalue weighted by Gasteiger charge is -2.34. The number of ether oxygens (including phenoxy) is 5. The van der Waals surface area contributed by atoms with Crippen LogP contribution >= 0.6 is 46.4 Å². The highest BCUT2D eigenvalue weighted by atomic mass is 35.5. The van der Waals surface area contributed by atoms with Crippen LogP contribution in [0.2, 0.25) is 20.1 Å². The second kappa shape index (κ2) is 50.4. The van der Waals surface area contributed by atoms with Crippen molar-refractivity contribution < 1.29 is 56.1 Å². The molecule has 0 radical (unpaired) electrons. The predicted molar refractivity (Wildman–Crippen MR) is 539 cm³/mol. The number of carbonyl (C=O) groups excluding carboxylic acids is 5. The topological polar surface area (TPSA) is 214 Å². The van der Waals surface area contributed by atoms with E-state index in [2.05, 4.69) is 57.0 Å². The third-order valence-electron chi connectivity index (χ3n) is 26.6. The van der Waals surface area contributed by atoms with E-state index in [1.807, 2.05) is 172 Å². The average Bonchev–Trinajstić information content (AvgIpc) is 1.65. The van der Waals surface area contributed by atoms with Crippen molar-refractivity contribution in [3.05, 3.63) is 213 Å². The Morgan fingerprint density at radius 2 is 0.820 bits per heavy atom. The van der Waals surface area contributed by atoms with Gasteiger partial charge in [-0.05, 0) is 304 Å². The zero-order valence-corrected chi connectivity index (χ0v) is 83.2. The number of nitrogens with one attached hydrogen (secondary N) is 1. The Balaban J connectivity index is 0.000000160. The molecule has 1 atom stereocenters. The van der Waals surface area contributed by atoms with Gasteiger partial charge in [0.15, 0.2) is 27.2 Å². The van der Waals surface area contributed by atoms with Crippen LogP contribution in [0.1, 0.15) is 186 Å². The van der Waals surface area contributed by atoms with Gasteiger partial charge in [0.25, 0.3) is 5.91 Å². The summed E-state index contributed by atoms with van der Waals surface area (Å²) in [7, 11) is 1.66. The highest BCUT2D eigenvalue weighted by Gasteiger charge is 2.33. The Kier molecular flexibility index (Phi) is 38.9. The highest BCUT2D eigenvalue weighted by Crippen LogP contribution is 2.37. The molecule has 4 fully saturated rings. The van der Waals surface area contributed by atoms with Gasteiger partial charge in [0.05, 0.1) is 83.3 Å². The molecule has 27 heteroatoms. The van der Waals surface area contributed by atoms with E-state index in [0.717, 1.165) is 293 Å². The summed E-state index contributed by atoms with van der Waals surface area (Å²) in [5.41, 5.74) is 6.86. The Bertz CT molecular complexity index is 5750. The van der Waals surface area contributed by atoms with E-state index in [1.165, 1.54) is 25.7 Å². The summed E-state index contributed by atoms with van der Waals surface area (Å²) in [5, 5.41) is 9.19. The minimum Gasteiger partial charge on any atom is -0.495 e. The molecule has 133 heavy (non-hydrogen) atoms. The SMILES string of the molecule is CC(=O)c1cn(CCCN2CCC(CCOc3ccc(Cl)cc3)CC2)c2c(Cl)cccc12.CCC(=O)c1cn(CCCN2CCC(S(=O)(=O)c3ccc(Cl)cc3)CC2)c2c(OC)cccc12.CCN(CC)C(=O)C1CCCN(CCCn2cc(C(C)=O)c3cccc(OC)c32)C1.COc1cccc2c(C(=O)NCC(C)C)cn(CCCN3CCC(CCOc4ccc(Cl)cc4)CC3)c12. The molecule has 1 N–H and O–H groups in total. The van der Waals surface area contributed by atoms with Gasteiger partial charge in [-0.1, -0.05) is 116 Å². The first-order chi connectivity index (χ1) is 64.3. The third-order valence-corrected chi connectivity index (χ3v) is 29.9.